The first kappa shape index (κ1) is 17.4. The zero-order chi connectivity index (χ0) is 18.6. The molecule has 0 saturated heterocycles. The lowest BCUT2D eigenvalue weighted by Gasteiger charge is -2.28. The fraction of sp³-hybridized carbons (Fsp3) is 0.600. The van der Waals surface area contributed by atoms with E-state index in [0.717, 1.165) is 36.4 Å². The van der Waals surface area contributed by atoms with Gasteiger partial charge in [-0.25, -0.2) is 9.97 Å². The topological polar surface area (TPSA) is 25.8 Å². The first-order valence-electron chi connectivity index (χ1n) is 11.0. The van der Waals surface area contributed by atoms with Crippen molar-refractivity contribution >= 4 is 0 Å². The Morgan fingerprint density at radius 3 is 2.48 bits per heavy atom. The molecule has 2 unspecified atom stereocenters. The van der Waals surface area contributed by atoms with E-state index in [1.165, 1.54) is 55.3 Å². The average Bonchev–Trinajstić information content (AvgIpc) is 3.19. The third-order valence-corrected chi connectivity index (χ3v) is 7.26. The maximum absolute atomic E-state index is 5.09. The minimum Gasteiger partial charge on any atom is -0.241 e. The van der Waals surface area contributed by atoms with Crippen molar-refractivity contribution in [3.05, 3.63) is 58.2 Å². The molecule has 2 atom stereocenters. The van der Waals surface area contributed by atoms with Crippen molar-refractivity contribution < 1.29 is 0 Å². The van der Waals surface area contributed by atoms with Crippen molar-refractivity contribution in [1.29, 1.82) is 0 Å². The summed E-state index contributed by atoms with van der Waals surface area (Å²) in [6.45, 7) is 6.85. The van der Waals surface area contributed by atoms with Crippen molar-refractivity contribution in [3.63, 3.8) is 0 Å². The summed E-state index contributed by atoms with van der Waals surface area (Å²) in [6.07, 6.45) is 12.4. The Bertz CT molecular complexity index is 857. The third kappa shape index (κ3) is 3.22. The second-order valence-electron chi connectivity index (χ2n) is 10.2. The van der Waals surface area contributed by atoms with Gasteiger partial charge >= 0.3 is 0 Å². The molecule has 0 radical (unpaired) electrons. The molecule has 3 aliphatic rings. The molecular formula is C25H32N2. The van der Waals surface area contributed by atoms with Gasteiger partial charge in [-0.2, -0.15) is 0 Å². The number of hydrogen-bond acceptors (Lipinski definition) is 2. The Balaban J connectivity index is 1.42. The predicted molar refractivity (Wildman–Crippen MR) is 110 cm³/mol. The Morgan fingerprint density at radius 1 is 1.00 bits per heavy atom. The molecule has 1 heterocycles. The van der Waals surface area contributed by atoms with Crippen LogP contribution in [0.3, 0.4) is 0 Å². The van der Waals surface area contributed by atoms with Gasteiger partial charge in [0, 0.05) is 18.3 Å². The van der Waals surface area contributed by atoms with Crippen molar-refractivity contribution in [3.8, 4) is 0 Å². The van der Waals surface area contributed by atoms with E-state index in [1.54, 1.807) is 11.1 Å². The van der Waals surface area contributed by atoms with Crippen molar-refractivity contribution in [1.82, 2.24) is 9.97 Å². The summed E-state index contributed by atoms with van der Waals surface area (Å²) in [5, 5.41) is 0. The molecule has 1 aromatic heterocycles. The van der Waals surface area contributed by atoms with E-state index in [9.17, 15) is 0 Å². The second kappa shape index (κ2) is 6.43. The zero-order valence-corrected chi connectivity index (χ0v) is 17.1. The fourth-order valence-corrected chi connectivity index (χ4v) is 5.48. The molecule has 142 valence electrons. The van der Waals surface area contributed by atoms with E-state index in [-0.39, 0.29) is 5.41 Å². The maximum Gasteiger partial charge on any atom is 0.132 e. The van der Waals surface area contributed by atoms with E-state index in [1.807, 2.05) is 0 Å². The number of nitrogens with zero attached hydrogens (tertiary/aromatic N) is 2. The molecule has 2 aromatic rings. The molecular weight excluding hydrogens is 328 g/mol. The summed E-state index contributed by atoms with van der Waals surface area (Å²) in [4.78, 5) is 9.87. The van der Waals surface area contributed by atoms with Crippen LogP contribution in [0.15, 0.2) is 24.4 Å². The van der Waals surface area contributed by atoms with E-state index in [2.05, 4.69) is 45.2 Å². The predicted octanol–water partition coefficient (Wildman–Crippen LogP) is 6.07. The Hall–Kier alpha value is -1.70. The highest BCUT2D eigenvalue weighted by atomic mass is 14.9. The van der Waals surface area contributed by atoms with Gasteiger partial charge in [-0.3, -0.25) is 0 Å². The molecule has 0 amide bonds. The smallest absolute Gasteiger partial charge is 0.132 e. The summed E-state index contributed by atoms with van der Waals surface area (Å²) in [6, 6.07) is 7.19. The van der Waals surface area contributed by atoms with Crippen LogP contribution >= 0.6 is 0 Å². The molecule has 2 fully saturated rings. The largest absolute Gasteiger partial charge is 0.241 e. The standard InChI is InChI=1S/C25H32N2/c1-25(2,3)22-15-26-24(27-23(22)12-16-5-4-6-16)13-17-7-10-20-18-8-9-19(14-18)21(20)11-17/h7,10-11,15-16,18-19H,4-6,8-9,12-14H2,1-3H3. The fourth-order valence-electron chi connectivity index (χ4n) is 5.48. The maximum atomic E-state index is 5.09. The van der Waals surface area contributed by atoms with Crippen LogP contribution in [0.25, 0.3) is 0 Å². The van der Waals surface area contributed by atoms with Crippen LogP contribution in [0, 0.1) is 5.92 Å². The van der Waals surface area contributed by atoms with Crippen molar-refractivity contribution in [2.75, 3.05) is 0 Å². The minimum atomic E-state index is 0.115. The van der Waals surface area contributed by atoms with Gasteiger partial charge in [0.15, 0.2) is 0 Å². The van der Waals surface area contributed by atoms with Crippen LogP contribution < -0.4 is 0 Å². The Labute approximate surface area is 163 Å². The number of hydrogen-bond donors (Lipinski definition) is 0. The molecule has 5 rings (SSSR count). The molecule has 2 heteroatoms. The van der Waals surface area contributed by atoms with Crippen LogP contribution in [0.5, 0.6) is 0 Å². The van der Waals surface area contributed by atoms with E-state index in [4.69, 9.17) is 9.97 Å². The number of fused-ring (bicyclic) bond motifs is 5. The quantitative estimate of drug-likeness (QED) is 0.661. The van der Waals surface area contributed by atoms with Crippen LogP contribution in [-0.2, 0) is 18.3 Å². The van der Waals surface area contributed by atoms with Gasteiger partial charge in [-0.1, -0.05) is 58.2 Å². The summed E-state index contributed by atoms with van der Waals surface area (Å²) in [5.74, 6) is 3.50. The van der Waals surface area contributed by atoms with Gasteiger partial charge in [0.05, 0.1) is 0 Å². The lowest BCUT2D eigenvalue weighted by Crippen LogP contribution is -2.22. The highest BCUT2D eigenvalue weighted by Crippen LogP contribution is 2.53. The first-order valence-corrected chi connectivity index (χ1v) is 11.0. The molecule has 1 aromatic carbocycles. The van der Waals surface area contributed by atoms with Gasteiger partial charge in [-0.15, -0.1) is 0 Å². The zero-order valence-electron chi connectivity index (χ0n) is 17.1. The van der Waals surface area contributed by atoms with Crippen LogP contribution in [0.4, 0.5) is 0 Å². The molecule has 2 nitrogen and oxygen atoms in total. The van der Waals surface area contributed by atoms with Crippen LogP contribution in [-0.4, -0.2) is 9.97 Å². The Kier molecular flexibility index (Phi) is 4.14. The first-order chi connectivity index (χ1) is 13.0. The summed E-state index contributed by atoms with van der Waals surface area (Å²) in [7, 11) is 0. The molecule has 27 heavy (non-hydrogen) atoms. The highest BCUT2D eigenvalue weighted by molar-refractivity contribution is 5.44. The average molecular weight is 361 g/mol. The third-order valence-electron chi connectivity index (χ3n) is 7.26. The molecule has 0 aliphatic heterocycles. The second-order valence-corrected chi connectivity index (χ2v) is 10.2. The summed E-state index contributed by atoms with van der Waals surface area (Å²) >= 11 is 0. The Morgan fingerprint density at radius 2 is 1.78 bits per heavy atom. The normalized spacial score (nSPS) is 24.1. The lowest BCUT2D eigenvalue weighted by atomic mass is 9.78. The monoisotopic (exact) mass is 360 g/mol. The van der Waals surface area contributed by atoms with Gasteiger partial charge in [0.2, 0.25) is 0 Å². The molecule has 2 saturated carbocycles. The SMILES string of the molecule is CC(C)(C)c1cnc(Cc2ccc3c(c2)C2CCC3C2)nc1CC1CCC1. The van der Waals surface area contributed by atoms with Crippen LogP contribution in [0.2, 0.25) is 0 Å². The van der Waals surface area contributed by atoms with Crippen molar-refractivity contribution in [2.24, 2.45) is 5.92 Å². The van der Waals surface area contributed by atoms with E-state index < -0.39 is 0 Å². The summed E-state index contributed by atoms with van der Waals surface area (Å²) < 4.78 is 0. The van der Waals surface area contributed by atoms with Gasteiger partial charge in [0.25, 0.3) is 0 Å². The molecule has 3 aliphatic carbocycles. The lowest BCUT2D eigenvalue weighted by molar-refractivity contribution is 0.309. The minimum absolute atomic E-state index is 0.115. The van der Waals surface area contributed by atoms with Gasteiger partial charge in [-0.05, 0) is 71.1 Å². The number of aromatic nitrogens is 2. The highest BCUT2D eigenvalue weighted by Gasteiger charge is 2.36. The van der Waals surface area contributed by atoms with Crippen molar-refractivity contribution in [2.45, 2.75) is 89.4 Å². The van der Waals surface area contributed by atoms with Gasteiger partial charge in [0.1, 0.15) is 5.82 Å². The molecule has 0 N–H and O–H groups in total. The molecule has 0 spiro atoms. The van der Waals surface area contributed by atoms with Crippen LogP contribution in [0.1, 0.15) is 105 Å². The van der Waals surface area contributed by atoms with Gasteiger partial charge < -0.3 is 0 Å². The number of rotatable bonds is 4. The summed E-state index contributed by atoms with van der Waals surface area (Å²) in [5.41, 5.74) is 7.40. The van der Waals surface area contributed by atoms with E-state index in [0.29, 0.717) is 0 Å². The van der Waals surface area contributed by atoms with E-state index >= 15 is 0 Å². The number of benzene rings is 1. The molecule has 2 bridgehead atoms.